The van der Waals surface area contributed by atoms with E-state index in [2.05, 4.69) is 4.98 Å². The Bertz CT molecular complexity index is 1410. The molecule has 1 fully saturated rings. The Morgan fingerprint density at radius 1 is 0.900 bits per heavy atom. The number of aromatic nitrogens is 2. The second kappa shape index (κ2) is 7.34. The van der Waals surface area contributed by atoms with Crippen LogP contribution in [0.1, 0.15) is 18.9 Å². The number of fused-ring (bicyclic) bond motifs is 2. The van der Waals surface area contributed by atoms with Crippen LogP contribution in [0, 0.1) is 0 Å². The molecule has 3 aromatic carbocycles. The predicted molar refractivity (Wildman–Crippen MR) is 117 cm³/mol. The van der Waals surface area contributed by atoms with Gasteiger partial charge in [-0.15, -0.1) is 0 Å². The second-order valence-corrected chi connectivity index (χ2v) is 9.52. The Kier molecular flexibility index (Phi) is 4.64. The molecule has 30 heavy (non-hydrogen) atoms. The topological polar surface area (TPSA) is 72.3 Å². The predicted octanol–water partition coefficient (Wildman–Crippen LogP) is 3.58. The summed E-state index contributed by atoms with van der Waals surface area (Å²) in [6.45, 7) is 0.698. The van der Waals surface area contributed by atoms with Gasteiger partial charge in [-0.3, -0.25) is 9.36 Å². The van der Waals surface area contributed by atoms with Crippen LogP contribution in [0.3, 0.4) is 0 Å². The molecule has 0 spiro atoms. The van der Waals surface area contributed by atoms with Gasteiger partial charge in [0.25, 0.3) is 5.56 Å². The van der Waals surface area contributed by atoms with Gasteiger partial charge in [0, 0.05) is 18.5 Å². The number of piperidine rings is 1. The van der Waals surface area contributed by atoms with E-state index in [0.717, 1.165) is 11.8 Å². The van der Waals surface area contributed by atoms with Crippen molar-refractivity contribution >= 4 is 31.7 Å². The summed E-state index contributed by atoms with van der Waals surface area (Å²) in [5.41, 5.74) is 0.518. The number of benzene rings is 3. The number of sulfonamides is 1. The third-order valence-electron chi connectivity index (χ3n) is 5.81. The van der Waals surface area contributed by atoms with E-state index in [0.29, 0.717) is 34.2 Å². The summed E-state index contributed by atoms with van der Waals surface area (Å²) in [7, 11) is -3.69. The highest BCUT2D eigenvalue weighted by Gasteiger charge is 2.32. The maximum atomic E-state index is 13.5. The van der Waals surface area contributed by atoms with Crippen molar-refractivity contribution in [3.05, 3.63) is 83.4 Å². The molecule has 1 aromatic heterocycles. The monoisotopic (exact) mass is 419 g/mol. The van der Waals surface area contributed by atoms with Crippen LogP contribution in [0.4, 0.5) is 0 Å². The van der Waals surface area contributed by atoms with Crippen molar-refractivity contribution in [1.82, 2.24) is 13.9 Å². The van der Waals surface area contributed by atoms with Crippen molar-refractivity contribution in [3.8, 4) is 0 Å². The van der Waals surface area contributed by atoms with E-state index >= 15 is 0 Å². The Morgan fingerprint density at radius 2 is 1.63 bits per heavy atom. The lowest BCUT2D eigenvalue weighted by molar-refractivity contribution is 0.262. The highest BCUT2D eigenvalue weighted by Crippen LogP contribution is 2.30. The molecule has 1 atom stereocenters. The zero-order valence-corrected chi connectivity index (χ0v) is 17.1. The minimum Gasteiger partial charge on any atom is -0.294 e. The number of hydrogen-bond donors (Lipinski definition) is 0. The van der Waals surface area contributed by atoms with Crippen molar-refractivity contribution in [2.75, 3.05) is 13.1 Å². The summed E-state index contributed by atoms with van der Waals surface area (Å²) >= 11 is 0. The Hall–Kier alpha value is -3.03. The standard InChI is InChI=1S/C23H21N3O3S/c27-23-20-11-3-4-12-21(20)24-16-26(23)18-9-6-14-25(15-18)30(28,29)22-13-5-8-17-7-1-2-10-19(17)22/h1-5,7-8,10-13,16,18H,6,9,14-15H2. The van der Waals surface area contributed by atoms with Gasteiger partial charge < -0.3 is 0 Å². The van der Waals surface area contributed by atoms with Gasteiger partial charge in [-0.2, -0.15) is 4.31 Å². The third kappa shape index (κ3) is 3.11. The normalized spacial score (nSPS) is 18.1. The molecule has 1 aliphatic heterocycles. The molecule has 7 heteroatoms. The number of hydrogen-bond acceptors (Lipinski definition) is 4. The molecule has 1 aliphatic rings. The first-order valence-electron chi connectivity index (χ1n) is 9.99. The van der Waals surface area contributed by atoms with Crippen molar-refractivity contribution in [2.24, 2.45) is 0 Å². The Balaban J connectivity index is 1.53. The van der Waals surface area contributed by atoms with E-state index < -0.39 is 10.0 Å². The first-order chi connectivity index (χ1) is 14.6. The van der Waals surface area contributed by atoms with E-state index in [4.69, 9.17) is 0 Å². The molecule has 4 aromatic rings. The van der Waals surface area contributed by atoms with Crippen LogP contribution in [-0.4, -0.2) is 35.4 Å². The number of para-hydroxylation sites is 1. The van der Waals surface area contributed by atoms with Crippen molar-refractivity contribution in [1.29, 1.82) is 0 Å². The fourth-order valence-electron chi connectivity index (χ4n) is 4.27. The largest absolute Gasteiger partial charge is 0.294 e. The second-order valence-electron chi connectivity index (χ2n) is 7.61. The quantitative estimate of drug-likeness (QED) is 0.509. The van der Waals surface area contributed by atoms with Gasteiger partial charge in [-0.1, -0.05) is 48.5 Å². The van der Waals surface area contributed by atoms with Crippen LogP contribution in [0.15, 0.2) is 82.7 Å². The smallest absolute Gasteiger partial charge is 0.261 e. The summed E-state index contributed by atoms with van der Waals surface area (Å²) < 4.78 is 30.1. The van der Waals surface area contributed by atoms with E-state index in [1.165, 1.54) is 4.31 Å². The minimum atomic E-state index is -3.69. The summed E-state index contributed by atoms with van der Waals surface area (Å²) in [6.07, 6.45) is 2.97. The molecule has 2 heterocycles. The molecule has 0 radical (unpaired) electrons. The summed E-state index contributed by atoms with van der Waals surface area (Å²) in [6, 6.07) is 19.8. The first-order valence-corrected chi connectivity index (χ1v) is 11.4. The van der Waals surface area contributed by atoms with Crippen molar-refractivity contribution in [3.63, 3.8) is 0 Å². The fraction of sp³-hybridized carbons (Fsp3) is 0.217. The highest BCUT2D eigenvalue weighted by atomic mass is 32.2. The molecule has 0 aliphatic carbocycles. The zero-order chi connectivity index (χ0) is 20.7. The van der Waals surface area contributed by atoms with Crippen LogP contribution in [-0.2, 0) is 10.0 Å². The highest BCUT2D eigenvalue weighted by molar-refractivity contribution is 7.89. The molecule has 6 nitrogen and oxygen atoms in total. The SMILES string of the molecule is O=c1c2ccccc2ncn1C1CCCN(S(=O)(=O)c2cccc3ccccc23)C1. The number of nitrogens with zero attached hydrogens (tertiary/aromatic N) is 3. The van der Waals surface area contributed by atoms with Gasteiger partial charge in [-0.05, 0) is 36.4 Å². The molecule has 1 unspecified atom stereocenters. The van der Waals surface area contributed by atoms with E-state index in [-0.39, 0.29) is 18.1 Å². The van der Waals surface area contributed by atoms with E-state index in [1.807, 2.05) is 42.5 Å². The van der Waals surface area contributed by atoms with Gasteiger partial charge >= 0.3 is 0 Å². The molecule has 0 amide bonds. The van der Waals surface area contributed by atoms with E-state index in [1.54, 1.807) is 35.2 Å². The molecular weight excluding hydrogens is 398 g/mol. The molecule has 0 saturated carbocycles. The lowest BCUT2D eigenvalue weighted by atomic mass is 10.1. The average molecular weight is 420 g/mol. The summed E-state index contributed by atoms with van der Waals surface area (Å²) in [5, 5.41) is 2.16. The maximum Gasteiger partial charge on any atom is 0.261 e. The summed E-state index contributed by atoms with van der Waals surface area (Å²) in [4.78, 5) is 17.7. The van der Waals surface area contributed by atoms with Gasteiger partial charge in [-0.25, -0.2) is 13.4 Å². The molecule has 5 rings (SSSR count). The third-order valence-corrected chi connectivity index (χ3v) is 7.73. The average Bonchev–Trinajstić information content (AvgIpc) is 2.79. The van der Waals surface area contributed by atoms with Crippen LogP contribution in [0.2, 0.25) is 0 Å². The number of rotatable bonds is 3. The fourth-order valence-corrected chi connectivity index (χ4v) is 6.00. The molecule has 152 valence electrons. The summed E-state index contributed by atoms with van der Waals surface area (Å²) in [5.74, 6) is 0. The van der Waals surface area contributed by atoms with Crippen LogP contribution >= 0.6 is 0 Å². The lowest BCUT2D eigenvalue weighted by Crippen LogP contribution is -2.42. The lowest BCUT2D eigenvalue weighted by Gasteiger charge is -2.33. The van der Waals surface area contributed by atoms with Crippen molar-refractivity contribution < 1.29 is 8.42 Å². The van der Waals surface area contributed by atoms with Crippen LogP contribution in [0.5, 0.6) is 0 Å². The van der Waals surface area contributed by atoms with Gasteiger partial charge in [0.1, 0.15) is 0 Å². The zero-order valence-electron chi connectivity index (χ0n) is 16.3. The van der Waals surface area contributed by atoms with E-state index in [9.17, 15) is 13.2 Å². The van der Waals surface area contributed by atoms with Crippen LogP contribution in [0.25, 0.3) is 21.7 Å². The first kappa shape index (κ1) is 19.0. The minimum absolute atomic E-state index is 0.130. The van der Waals surface area contributed by atoms with Crippen molar-refractivity contribution in [2.45, 2.75) is 23.8 Å². The molecule has 0 N–H and O–H groups in total. The van der Waals surface area contributed by atoms with Gasteiger partial charge in [0.2, 0.25) is 10.0 Å². The maximum absolute atomic E-state index is 13.5. The molecular formula is C23H21N3O3S. The Labute approximate surface area is 174 Å². The van der Waals surface area contributed by atoms with Gasteiger partial charge in [0.05, 0.1) is 28.2 Å². The molecule has 0 bridgehead atoms. The molecule has 1 saturated heterocycles. The van der Waals surface area contributed by atoms with Gasteiger partial charge in [0.15, 0.2) is 0 Å². The Morgan fingerprint density at radius 3 is 2.50 bits per heavy atom. The van der Waals surface area contributed by atoms with Crippen LogP contribution < -0.4 is 5.56 Å².